The van der Waals surface area contributed by atoms with E-state index < -0.39 is 0 Å². The SMILES string of the molecule is CSc1cccc(N2CCC(C(C)C)C2)c1C(N)=S. The normalized spacial score (nSPS) is 19.2. The Morgan fingerprint density at radius 3 is 2.74 bits per heavy atom. The molecular formula is C15H22N2S2. The molecule has 0 aromatic heterocycles. The smallest absolute Gasteiger partial charge is 0.107 e. The highest BCUT2D eigenvalue weighted by atomic mass is 32.2. The summed E-state index contributed by atoms with van der Waals surface area (Å²) >= 11 is 6.97. The molecule has 0 aliphatic carbocycles. The highest BCUT2D eigenvalue weighted by molar-refractivity contribution is 7.98. The third-order valence-corrected chi connectivity index (χ3v) is 4.96. The summed E-state index contributed by atoms with van der Waals surface area (Å²) in [4.78, 5) is 4.13. The van der Waals surface area contributed by atoms with E-state index in [1.807, 2.05) is 0 Å². The maximum Gasteiger partial charge on any atom is 0.107 e. The second kappa shape index (κ2) is 6.14. The van der Waals surface area contributed by atoms with Crippen LogP contribution in [0, 0.1) is 11.8 Å². The molecule has 1 atom stereocenters. The molecule has 0 amide bonds. The molecule has 0 radical (unpaired) electrons. The molecule has 0 saturated carbocycles. The molecular weight excluding hydrogens is 272 g/mol. The monoisotopic (exact) mass is 294 g/mol. The first-order chi connectivity index (χ1) is 9.04. The molecule has 1 aromatic carbocycles. The molecule has 1 aliphatic rings. The summed E-state index contributed by atoms with van der Waals surface area (Å²) in [5.74, 6) is 1.51. The summed E-state index contributed by atoms with van der Waals surface area (Å²) < 4.78 is 0. The van der Waals surface area contributed by atoms with Crippen molar-refractivity contribution in [1.29, 1.82) is 0 Å². The Kier molecular flexibility index (Phi) is 4.74. The molecule has 19 heavy (non-hydrogen) atoms. The third-order valence-electron chi connectivity index (χ3n) is 3.98. The van der Waals surface area contributed by atoms with Gasteiger partial charge in [0.05, 0.1) is 0 Å². The number of benzene rings is 1. The van der Waals surface area contributed by atoms with Crippen molar-refractivity contribution in [3.05, 3.63) is 23.8 Å². The maximum absolute atomic E-state index is 5.94. The molecule has 2 rings (SSSR count). The van der Waals surface area contributed by atoms with Crippen LogP contribution < -0.4 is 10.6 Å². The van der Waals surface area contributed by atoms with Gasteiger partial charge >= 0.3 is 0 Å². The fourth-order valence-corrected chi connectivity index (χ4v) is 3.66. The van der Waals surface area contributed by atoms with Crippen molar-refractivity contribution in [1.82, 2.24) is 0 Å². The lowest BCUT2D eigenvalue weighted by Gasteiger charge is -2.24. The summed E-state index contributed by atoms with van der Waals surface area (Å²) in [7, 11) is 0. The van der Waals surface area contributed by atoms with Crippen LogP contribution in [-0.4, -0.2) is 24.3 Å². The van der Waals surface area contributed by atoms with Crippen molar-refractivity contribution in [2.24, 2.45) is 17.6 Å². The molecule has 1 unspecified atom stereocenters. The van der Waals surface area contributed by atoms with E-state index in [2.05, 4.69) is 43.2 Å². The largest absolute Gasteiger partial charge is 0.389 e. The van der Waals surface area contributed by atoms with Crippen molar-refractivity contribution in [2.75, 3.05) is 24.2 Å². The minimum Gasteiger partial charge on any atom is -0.389 e. The summed E-state index contributed by atoms with van der Waals surface area (Å²) in [5, 5.41) is 0. The number of thioether (sulfide) groups is 1. The van der Waals surface area contributed by atoms with Crippen LogP contribution >= 0.6 is 24.0 Å². The van der Waals surface area contributed by atoms with Gasteiger partial charge in [-0.1, -0.05) is 32.1 Å². The zero-order valence-corrected chi connectivity index (χ0v) is 13.5. The van der Waals surface area contributed by atoms with Crippen LogP contribution in [0.25, 0.3) is 0 Å². The maximum atomic E-state index is 5.94. The molecule has 1 saturated heterocycles. The van der Waals surface area contributed by atoms with Crippen molar-refractivity contribution in [3.63, 3.8) is 0 Å². The Bertz CT molecular complexity index is 471. The lowest BCUT2D eigenvalue weighted by atomic mass is 9.95. The molecule has 0 bridgehead atoms. The van der Waals surface area contributed by atoms with Gasteiger partial charge in [-0.15, -0.1) is 11.8 Å². The number of rotatable bonds is 4. The second-order valence-corrected chi connectivity index (χ2v) is 6.75. The number of thiocarbonyl (C=S) groups is 1. The summed E-state index contributed by atoms with van der Waals surface area (Å²) in [6.07, 6.45) is 3.33. The fourth-order valence-electron chi connectivity index (χ4n) is 2.75. The van der Waals surface area contributed by atoms with Gasteiger partial charge in [0, 0.05) is 29.2 Å². The van der Waals surface area contributed by atoms with Crippen LogP contribution in [0.3, 0.4) is 0 Å². The van der Waals surface area contributed by atoms with Crippen LogP contribution in [0.15, 0.2) is 23.1 Å². The van der Waals surface area contributed by atoms with E-state index >= 15 is 0 Å². The van der Waals surface area contributed by atoms with Crippen molar-refractivity contribution < 1.29 is 0 Å². The zero-order valence-electron chi connectivity index (χ0n) is 11.8. The van der Waals surface area contributed by atoms with E-state index in [4.69, 9.17) is 18.0 Å². The molecule has 1 aliphatic heterocycles. The van der Waals surface area contributed by atoms with Crippen molar-refractivity contribution >= 4 is 34.7 Å². The topological polar surface area (TPSA) is 29.3 Å². The van der Waals surface area contributed by atoms with Gasteiger partial charge in [-0.25, -0.2) is 0 Å². The minimum atomic E-state index is 0.507. The first kappa shape index (κ1) is 14.7. The molecule has 2 nitrogen and oxygen atoms in total. The van der Waals surface area contributed by atoms with Gasteiger partial charge in [-0.3, -0.25) is 0 Å². The van der Waals surface area contributed by atoms with Crippen LogP contribution in [0.5, 0.6) is 0 Å². The van der Waals surface area contributed by atoms with E-state index in [1.54, 1.807) is 11.8 Å². The molecule has 1 heterocycles. The Labute approximate surface area is 125 Å². The highest BCUT2D eigenvalue weighted by Crippen LogP contribution is 2.34. The van der Waals surface area contributed by atoms with E-state index in [0.29, 0.717) is 4.99 Å². The molecule has 104 valence electrons. The number of nitrogens with two attached hydrogens (primary N) is 1. The van der Waals surface area contributed by atoms with E-state index in [-0.39, 0.29) is 0 Å². The Hall–Kier alpha value is -0.740. The molecule has 2 N–H and O–H groups in total. The van der Waals surface area contributed by atoms with Gasteiger partial charge in [0.1, 0.15) is 4.99 Å². The summed E-state index contributed by atoms with van der Waals surface area (Å²) in [6, 6.07) is 6.35. The molecule has 1 fully saturated rings. The third kappa shape index (κ3) is 3.06. The first-order valence-electron chi connectivity index (χ1n) is 6.76. The number of nitrogens with zero attached hydrogens (tertiary/aromatic N) is 1. The number of hydrogen-bond donors (Lipinski definition) is 1. The van der Waals surface area contributed by atoms with E-state index in [9.17, 15) is 0 Å². The second-order valence-electron chi connectivity index (χ2n) is 5.46. The zero-order chi connectivity index (χ0) is 14.0. The van der Waals surface area contributed by atoms with E-state index in [0.717, 1.165) is 30.5 Å². The quantitative estimate of drug-likeness (QED) is 0.679. The Morgan fingerprint density at radius 1 is 1.47 bits per heavy atom. The predicted octanol–water partition coefficient (Wildman–Crippen LogP) is 3.53. The van der Waals surface area contributed by atoms with Crippen LogP contribution in [-0.2, 0) is 0 Å². The predicted molar refractivity (Wildman–Crippen MR) is 89.3 cm³/mol. The van der Waals surface area contributed by atoms with E-state index in [1.165, 1.54) is 17.0 Å². The highest BCUT2D eigenvalue weighted by Gasteiger charge is 2.27. The van der Waals surface area contributed by atoms with Crippen LogP contribution in [0.4, 0.5) is 5.69 Å². The van der Waals surface area contributed by atoms with Gasteiger partial charge < -0.3 is 10.6 Å². The Morgan fingerprint density at radius 2 is 2.21 bits per heavy atom. The first-order valence-corrected chi connectivity index (χ1v) is 8.39. The van der Waals surface area contributed by atoms with Crippen molar-refractivity contribution in [3.8, 4) is 0 Å². The van der Waals surface area contributed by atoms with Gasteiger partial charge in [0.25, 0.3) is 0 Å². The summed E-state index contributed by atoms with van der Waals surface area (Å²) in [5.41, 5.74) is 8.21. The minimum absolute atomic E-state index is 0.507. The Balaban J connectivity index is 2.33. The van der Waals surface area contributed by atoms with Gasteiger partial charge in [0.2, 0.25) is 0 Å². The molecule has 1 aromatic rings. The van der Waals surface area contributed by atoms with Crippen molar-refractivity contribution in [2.45, 2.75) is 25.2 Å². The lowest BCUT2D eigenvalue weighted by Crippen LogP contribution is -2.25. The van der Waals surface area contributed by atoms with Gasteiger partial charge in [-0.2, -0.15) is 0 Å². The lowest BCUT2D eigenvalue weighted by molar-refractivity contribution is 0.423. The van der Waals surface area contributed by atoms with Gasteiger partial charge in [0.15, 0.2) is 0 Å². The van der Waals surface area contributed by atoms with Crippen LogP contribution in [0.1, 0.15) is 25.8 Å². The summed E-state index contributed by atoms with van der Waals surface area (Å²) in [6.45, 7) is 6.84. The average molecular weight is 294 g/mol. The standard InChI is InChI=1S/C15H22N2S2/c1-10(2)11-7-8-17(9-11)12-5-4-6-13(19-3)14(12)15(16)18/h4-6,10-11H,7-9H2,1-3H3,(H2,16,18). The van der Waals surface area contributed by atoms with Crippen LogP contribution in [0.2, 0.25) is 0 Å². The number of anilines is 1. The molecule has 4 heteroatoms. The van der Waals surface area contributed by atoms with Gasteiger partial charge in [-0.05, 0) is 36.6 Å². The molecule has 0 spiro atoms. The fraction of sp³-hybridized carbons (Fsp3) is 0.533. The average Bonchev–Trinajstić information content (AvgIpc) is 2.87. The number of hydrogen-bond acceptors (Lipinski definition) is 3.